The number of hydrogen-bond acceptors (Lipinski definition) is 3. The van der Waals surface area contributed by atoms with Crippen LogP contribution in [0.1, 0.15) is 17.9 Å². The Hall–Kier alpha value is -0.940. The second kappa shape index (κ2) is 3.57. The molecule has 15 heavy (non-hydrogen) atoms. The number of aliphatic hydroxyl groups excluding tert-OH is 1. The van der Waals surface area contributed by atoms with Gasteiger partial charge in [-0.25, -0.2) is 12.8 Å². The Morgan fingerprint density at radius 1 is 1.47 bits per heavy atom. The lowest BCUT2D eigenvalue weighted by Gasteiger charge is -2.07. The topological polar surface area (TPSA) is 54.4 Å². The molecule has 3 nitrogen and oxygen atoms in total. The molecule has 1 atom stereocenters. The van der Waals surface area contributed by atoms with Gasteiger partial charge >= 0.3 is 0 Å². The third-order valence-electron chi connectivity index (χ3n) is 2.65. The summed E-state index contributed by atoms with van der Waals surface area (Å²) in [6.07, 6.45) is 0.285. The van der Waals surface area contributed by atoms with E-state index in [1.807, 2.05) is 0 Å². The van der Waals surface area contributed by atoms with Gasteiger partial charge in [-0.1, -0.05) is 6.07 Å². The summed E-state index contributed by atoms with van der Waals surface area (Å²) in [7, 11) is -3.35. The molecule has 1 unspecified atom stereocenters. The fourth-order valence-corrected chi connectivity index (χ4v) is 3.93. The van der Waals surface area contributed by atoms with Gasteiger partial charge in [0, 0.05) is 18.1 Å². The summed E-state index contributed by atoms with van der Waals surface area (Å²) in [4.78, 5) is 0.0842. The highest BCUT2D eigenvalue weighted by Gasteiger charge is 2.36. The summed E-state index contributed by atoms with van der Waals surface area (Å²) in [5, 5.41) is 8.80. The first-order valence-electron chi connectivity index (χ1n) is 4.68. The van der Waals surface area contributed by atoms with E-state index in [1.165, 1.54) is 18.2 Å². The minimum Gasteiger partial charge on any atom is -0.396 e. The number of hydrogen-bond donors (Lipinski definition) is 1. The third-order valence-corrected chi connectivity index (χ3v) is 4.52. The molecule has 1 heterocycles. The molecule has 0 spiro atoms. The highest BCUT2D eigenvalue weighted by atomic mass is 32.2. The molecule has 1 aromatic carbocycles. The number of rotatable bonds is 2. The first-order valence-corrected chi connectivity index (χ1v) is 6.33. The van der Waals surface area contributed by atoms with E-state index in [1.54, 1.807) is 0 Å². The van der Waals surface area contributed by atoms with Gasteiger partial charge in [-0.2, -0.15) is 0 Å². The second-order valence-electron chi connectivity index (χ2n) is 3.64. The lowest BCUT2D eigenvalue weighted by molar-refractivity contribution is 0.278. The minimum atomic E-state index is -3.35. The van der Waals surface area contributed by atoms with Crippen molar-refractivity contribution in [2.24, 2.45) is 0 Å². The number of benzene rings is 1. The lowest BCUT2D eigenvalue weighted by Crippen LogP contribution is -2.05. The standard InChI is InChI=1S/C10H11FO3S/c11-8-2-1-3-9-10(8)7(4-5-12)6-15(9,13)14/h1-3,7,12H,4-6H2. The van der Waals surface area contributed by atoms with Crippen LogP contribution >= 0.6 is 0 Å². The Morgan fingerprint density at radius 3 is 2.87 bits per heavy atom. The van der Waals surface area contributed by atoms with E-state index >= 15 is 0 Å². The largest absolute Gasteiger partial charge is 0.396 e. The molecule has 1 N–H and O–H groups in total. The zero-order chi connectivity index (χ0) is 11.1. The van der Waals surface area contributed by atoms with E-state index in [0.29, 0.717) is 0 Å². The molecule has 1 aliphatic heterocycles. The predicted molar refractivity (Wildman–Crippen MR) is 52.9 cm³/mol. The maximum absolute atomic E-state index is 13.5. The van der Waals surface area contributed by atoms with Gasteiger partial charge in [0.05, 0.1) is 10.6 Å². The molecule has 0 amide bonds. The first kappa shape index (κ1) is 10.6. The molecular weight excluding hydrogens is 219 g/mol. The number of halogens is 1. The molecule has 0 aliphatic carbocycles. The van der Waals surface area contributed by atoms with Gasteiger partial charge < -0.3 is 5.11 Å². The molecule has 0 fully saturated rings. The van der Waals surface area contributed by atoms with E-state index in [-0.39, 0.29) is 29.2 Å². The summed E-state index contributed by atoms with van der Waals surface area (Å²) < 4.78 is 36.7. The average Bonchev–Trinajstić information content (AvgIpc) is 2.41. The van der Waals surface area contributed by atoms with E-state index in [0.717, 1.165) is 0 Å². The molecule has 0 saturated carbocycles. The lowest BCUT2D eigenvalue weighted by atomic mass is 9.98. The summed E-state index contributed by atoms with van der Waals surface area (Å²) in [6.45, 7) is -0.131. The maximum atomic E-state index is 13.5. The quantitative estimate of drug-likeness (QED) is 0.827. The third kappa shape index (κ3) is 1.66. The van der Waals surface area contributed by atoms with E-state index in [4.69, 9.17) is 5.11 Å². The van der Waals surface area contributed by atoms with Gasteiger partial charge in [0.2, 0.25) is 0 Å². The van der Waals surface area contributed by atoms with Gasteiger partial charge in [0.25, 0.3) is 0 Å². The van der Waals surface area contributed by atoms with Crippen molar-refractivity contribution in [3.63, 3.8) is 0 Å². The van der Waals surface area contributed by atoms with Crippen molar-refractivity contribution in [3.05, 3.63) is 29.6 Å². The van der Waals surface area contributed by atoms with Gasteiger partial charge in [-0.15, -0.1) is 0 Å². The van der Waals surface area contributed by atoms with Crippen LogP contribution in [0.25, 0.3) is 0 Å². The fourth-order valence-electron chi connectivity index (χ4n) is 2.01. The smallest absolute Gasteiger partial charge is 0.179 e. The van der Waals surface area contributed by atoms with Crippen molar-refractivity contribution in [2.45, 2.75) is 17.2 Å². The van der Waals surface area contributed by atoms with Gasteiger partial charge in [-0.3, -0.25) is 0 Å². The molecule has 2 rings (SSSR count). The number of sulfone groups is 1. The van der Waals surface area contributed by atoms with Gasteiger partial charge in [0.1, 0.15) is 5.82 Å². The summed E-state index contributed by atoms with van der Waals surface area (Å²) >= 11 is 0. The minimum absolute atomic E-state index is 0.0842. The second-order valence-corrected chi connectivity index (χ2v) is 5.64. The molecule has 1 aliphatic rings. The first-order chi connectivity index (χ1) is 7.06. The number of fused-ring (bicyclic) bond motifs is 1. The zero-order valence-corrected chi connectivity index (χ0v) is 8.80. The van der Waals surface area contributed by atoms with Crippen LogP contribution in [0.5, 0.6) is 0 Å². The Bertz CT molecular complexity index is 481. The van der Waals surface area contributed by atoms with Crippen molar-refractivity contribution in [2.75, 3.05) is 12.4 Å². The molecule has 1 aromatic rings. The highest BCUT2D eigenvalue weighted by molar-refractivity contribution is 7.91. The van der Waals surface area contributed by atoms with Crippen LogP contribution in [0.4, 0.5) is 4.39 Å². The molecule has 0 bridgehead atoms. The molecule has 5 heteroatoms. The van der Waals surface area contributed by atoms with E-state index in [2.05, 4.69) is 0 Å². The Labute approximate surface area is 87.5 Å². The van der Waals surface area contributed by atoms with Crippen LogP contribution in [-0.2, 0) is 9.84 Å². The summed E-state index contributed by atoms with van der Waals surface area (Å²) in [5.74, 6) is -0.993. The van der Waals surface area contributed by atoms with Crippen LogP contribution in [0.15, 0.2) is 23.1 Å². The van der Waals surface area contributed by atoms with Crippen LogP contribution < -0.4 is 0 Å². The van der Waals surface area contributed by atoms with Gasteiger partial charge in [-0.05, 0) is 18.6 Å². The highest BCUT2D eigenvalue weighted by Crippen LogP contribution is 2.38. The zero-order valence-electron chi connectivity index (χ0n) is 7.98. The molecule has 0 radical (unpaired) electrons. The van der Waals surface area contributed by atoms with Crippen LogP contribution in [0, 0.1) is 5.82 Å². The fraction of sp³-hybridized carbons (Fsp3) is 0.400. The van der Waals surface area contributed by atoms with Crippen LogP contribution in [0.2, 0.25) is 0 Å². The van der Waals surface area contributed by atoms with Crippen molar-refractivity contribution < 1.29 is 17.9 Å². The number of aliphatic hydroxyl groups is 1. The van der Waals surface area contributed by atoms with Crippen molar-refractivity contribution in [1.82, 2.24) is 0 Å². The normalized spacial score (nSPS) is 22.7. The Kier molecular flexibility index (Phi) is 2.52. The Morgan fingerprint density at radius 2 is 2.20 bits per heavy atom. The average molecular weight is 230 g/mol. The summed E-state index contributed by atoms with van der Waals surface area (Å²) in [5.41, 5.74) is 0.242. The van der Waals surface area contributed by atoms with Crippen molar-refractivity contribution in [1.29, 1.82) is 0 Å². The molecule has 0 aromatic heterocycles. The van der Waals surface area contributed by atoms with Crippen molar-refractivity contribution >= 4 is 9.84 Å². The predicted octanol–water partition coefficient (Wildman–Crippen LogP) is 1.08. The monoisotopic (exact) mass is 230 g/mol. The van der Waals surface area contributed by atoms with E-state index < -0.39 is 21.6 Å². The molecule has 82 valence electrons. The Balaban J connectivity index is 2.59. The van der Waals surface area contributed by atoms with E-state index in [9.17, 15) is 12.8 Å². The molecule has 0 saturated heterocycles. The van der Waals surface area contributed by atoms with Gasteiger partial charge in [0.15, 0.2) is 9.84 Å². The van der Waals surface area contributed by atoms with Crippen LogP contribution in [-0.4, -0.2) is 25.9 Å². The SMILES string of the molecule is O=S1(=O)CC(CCO)c2c(F)cccc21. The van der Waals surface area contributed by atoms with Crippen molar-refractivity contribution in [3.8, 4) is 0 Å². The van der Waals surface area contributed by atoms with Crippen LogP contribution in [0.3, 0.4) is 0 Å². The molecular formula is C10H11FO3S. The maximum Gasteiger partial charge on any atom is 0.179 e. The summed E-state index contributed by atoms with van der Waals surface area (Å²) in [6, 6.07) is 4.07.